The zero-order valence-electron chi connectivity index (χ0n) is 10.7. The quantitative estimate of drug-likeness (QED) is 0.667. The van der Waals surface area contributed by atoms with Gasteiger partial charge < -0.3 is 15.3 Å². The highest BCUT2D eigenvalue weighted by atomic mass is 16.4. The van der Waals surface area contributed by atoms with E-state index in [9.17, 15) is 9.59 Å². The van der Waals surface area contributed by atoms with Crippen LogP contribution in [-0.2, 0) is 4.79 Å². The second-order valence-corrected chi connectivity index (χ2v) is 3.93. The van der Waals surface area contributed by atoms with Gasteiger partial charge in [0.15, 0.2) is 0 Å². The third kappa shape index (κ3) is 5.34. The van der Waals surface area contributed by atoms with Crippen molar-refractivity contribution < 1.29 is 14.7 Å². The highest BCUT2D eigenvalue weighted by molar-refractivity contribution is 5.82. The van der Waals surface area contributed by atoms with E-state index in [1.807, 2.05) is 6.07 Å². The maximum absolute atomic E-state index is 11.8. The van der Waals surface area contributed by atoms with Crippen LogP contribution in [0.5, 0.6) is 0 Å². The van der Waals surface area contributed by atoms with Crippen LogP contribution in [0.4, 0.5) is 4.79 Å². The number of hydrogen-bond acceptors (Lipinski definition) is 3. The highest BCUT2D eigenvalue weighted by Gasteiger charge is 2.22. The number of amides is 2. The molecule has 2 unspecified atom stereocenters. The number of hydrogen-bond donors (Lipinski definition) is 2. The SMILES string of the molecule is C=CCC(NC(=O)N(CC)CC(C)C#N)C(=O)O. The average Bonchev–Trinajstić information content (AvgIpc) is 2.34. The Balaban J connectivity index is 4.55. The molecule has 0 radical (unpaired) electrons. The molecule has 0 aromatic rings. The van der Waals surface area contributed by atoms with E-state index in [0.717, 1.165) is 0 Å². The number of aliphatic carboxylic acids is 1. The maximum Gasteiger partial charge on any atom is 0.326 e. The van der Waals surface area contributed by atoms with E-state index in [-0.39, 0.29) is 18.9 Å². The Kier molecular flexibility index (Phi) is 7.20. The Bertz CT molecular complexity index is 349. The molecule has 0 heterocycles. The highest BCUT2D eigenvalue weighted by Crippen LogP contribution is 2.01. The molecular formula is C12H19N3O3. The van der Waals surface area contributed by atoms with E-state index in [1.54, 1.807) is 13.8 Å². The molecule has 0 aliphatic heterocycles. The van der Waals surface area contributed by atoms with Crippen LogP contribution < -0.4 is 5.32 Å². The lowest BCUT2D eigenvalue weighted by Gasteiger charge is -2.24. The summed E-state index contributed by atoms with van der Waals surface area (Å²) in [7, 11) is 0. The minimum absolute atomic E-state index is 0.159. The fraction of sp³-hybridized carbons (Fsp3) is 0.583. The summed E-state index contributed by atoms with van der Waals surface area (Å²) in [6.07, 6.45) is 1.60. The number of carboxylic acids is 1. The lowest BCUT2D eigenvalue weighted by Crippen LogP contribution is -2.48. The number of rotatable bonds is 7. The molecule has 18 heavy (non-hydrogen) atoms. The van der Waals surface area contributed by atoms with Crippen molar-refractivity contribution in [1.29, 1.82) is 5.26 Å². The van der Waals surface area contributed by atoms with Gasteiger partial charge in [0, 0.05) is 13.1 Å². The van der Waals surface area contributed by atoms with Crippen LogP contribution >= 0.6 is 0 Å². The molecule has 0 rings (SSSR count). The molecule has 6 heteroatoms. The Hall–Kier alpha value is -2.03. The van der Waals surface area contributed by atoms with Gasteiger partial charge in [0.05, 0.1) is 12.0 Å². The summed E-state index contributed by atoms with van der Waals surface area (Å²) in [4.78, 5) is 24.1. The monoisotopic (exact) mass is 253 g/mol. The van der Waals surface area contributed by atoms with Crippen LogP contribution in [0.3, 0.4) is 0 Å². The van der Waals surface area contributed by atoms with Crippen LogP contribution in [0.2, 0.25) is 0 Å². The fourth-order valence-electron chi connectivity index (χ4n) is 1.36. The van der Waals surface area contributed by atoms with Crippen molar-refractivity contribution >= 4 is 12.0 Å². The summed E-state index contributed by atoms with van der Waals surface area (Å²) in [6, 6.07) is 0.569. The number of nitrogens with one attached hydrogen (secondary N) is 1. The molecule has 6 nitrogen and oxygen atoms in total. The van der Waals surface area contributed by atoms with Crippen molar-refractivity contribution in [3.05, 3.63) is 12.7 Å². The first-order chi connectivity index (χ1) is 8.46. The summed E-state index contributed by atoms with van der Waals surface area (Å²) in [5, 5.41) is 20.0. The third-order valence-electron chi connectivity index (χ3n) is 2.38. The molecule has 2 N–H and O–H groups in total. The number of carbonyl (C=O) groups is 2. The zero-order valence-corrected chi connectivity index (χ0v) is 10.7. The smallest absolute Gasteiger partial charge is 0.326 e. The van der Waals surface area contributed by atoms with Gasteiger partial charge in [-0.05, 0) is 20.3 Å². The average molecular weight is 253 g/mol. The lowest BCUT2D eigenvalue weighted by atomic mass is 10.2. The molecule has 0 saturated heterocycles. The predicted octanol–water partition coefficient (Wildman–Crippen LogP) is 1.21. The van der Waals surface area contributed by atoms with Crippen molar-refractivity contribution in [1.82, 2.24) is 10.2 Å². The topological polar surface area (TPSA) is 93.4 Å². The molecule has 0 aliphatic rings. The molecular weight excluding hydrogens is 234 g/mol. The van der Waals surface area contributed by atoms with Gasteiger partial charge in [-0.3, -0.25) is 0 Å². The van der Waals surface area contributed by atoms with Crippen LogP contribution in [0, 0.1) is 17.2 Å². The number of nitriles is 1. The Morgan fingerprint density at radius 3 is 2.61 bits per heavy atom. The second kappa shape index (κ2) is 8.12. The molecule has 0 bridgehead atoms. The minimum Gasteiger partial charge on any atom is -0.480 e. The van der Waals surface area contributed by atoms with Gasteiger partial charge in [-0.2, -0.15) is 5.26 Å². The van der Waals surface area contributed by atoms with Crippen molar-refractivity contribution in [2.75, 3.05) is 13.1 Å². The summed E-state index contributed by atoms with van der Waals surface area (Å²) in [6.45, 7) is 7.61. The first-order valence-electron chi connectivity index (χ1n) is 5.74. The Morgan fingerprint density at radius 2 is 2.22 bits per heavy atom. The van der Waals surface area contributed by atoms with Gasteiger partial charge in [0.25, 0.3) is 0 Å². The van der Waals surface area contributed by atoms with Crippen LogP contribution in [0.15, 0.2) is 12.7 Å². The number of nitrogens with zero attached hydrogens (tertiary/aromatic N) is 2. The van der Waals surface area contributed by atoms with Gasteiger partial charge in [0.1, 0.15) is 6.04 Å². The van der Waals surface area contributed by atoms with Gasteiger partial charge >= 0.3 is 12.0 Å². The van der Waals surface area contributed by atoms with Crippen LogP contribution in [0.1, 0.15) is 20.3 Å². The van der Waals surface area contributed by atoms with Gasteiger partial charge in [-0.25, -0.2) is 9.59 Å². The van der Waals surface area contributed by atoms with Crippen molar-refractivity contribution in [2.45, 2.75) is 26.3 Å². The summed E-state index contributed by atoms with van der Waals surface area (Å²) < 4.78 is 0. The van der Waals surface area contributed by atoms with E-state index in [2.05, 4.69) is 11.9 Å². The number of carbonyl (C=O) groups excluding carboxylic acids is 1. The molecule has 0 saturated carbocycles. The molecule has 2 amide bonds. The lowest BCUT2D eigenvalue weighted by molar-refractivity contribution is -0.139. The van der Waals surface area contributed by atoms with Gasteiger partial charge in [-0.1, -0.05) is 6.08 Å². The van der Waals surface area contributed by atoms with Gasteiger partial charge in [0.2, 0.25) is 0 Å². The van der Waals surface area contributed by atoms with E-state index in [0.29, 0.717) is 6.54 Å². The fourth-order valence-corrected chi connectivity index (χ4v) is 1.36. The molecule has 0 aromatic heterocycles. The molecule has 0 aromatic carbocycles. The van der Waals surface area contributed by atoms with E-state index in [4.69, 9.17) is 10.4 Å². The molecule has 100 valence electrons. The van der Waals surface area contributed by atoms with Crippen LogP contribution in [-0.4, -0.2) is 41.1 Å². The van der Waals surface area contributed by atoms with Crippen molar-refractivity contribution in [3.63, 3.8) is 0 Å². The zero-order chi connectivity index (χ0) is 14.1. The van der Waals surface area contributed by atoms with Gasteiger partial charge in [-0.15, -0.1) is 6.58 Å². The second-order valence-electron chi connectivity index (χ2n) is 3.93. The third-order valence-corrected chi connectivity index (χ3v) is 2.38. The van der Waals surface area contributed by atoms with E-state index in [1.165, 1.54) is 11.0 Å². The first-order valence-corrected chi connectivity index (χ1v) is 5.74. The first kappa shape index (κ1) is 16.0. The Morgan fingerprint density at radius 1 is 1.61 bits per heavy atom. The predicted molar refractivity (Wildman–Crippen MR) is 66.8 cm³/mol. The number of carboxylic acid groups (broad SMARTS) is 1. The summed E-state index contributed by atoms with van der Waals surface area (Å²) in [5.41, 5.74) is 0. The summed E-state index contributed by atoms with van der Waals surface area (Å²) >= 11 is 0. The summed E-state index contributed by atoms with van der Waals surface area (Å²) in [5.74, 6) is -1.40. The normalized spacial score (nSPS) is 12.9. The molecule has 2 atom stereocenters. The van der Waals surface area contributed by atoms with E-state index < -0.39 is 18.0 Å². The van der Waals surface area contributed by atoms with Crippen LogP contribution in [0.25, 0.3) is 0 Å². The van der Waals surface area contributed by atoms with E-state index >= 15 is 0 Å². The molecule has 0 aliphatic carbocycles. The maximum atomic E-state index is 11.8. The molecule has 0 fully saturated rings. The molecule has 0 spiro atoms. The largest absolute Gasteiger partial charge is 0.480 e. The minimum atomic E-state index is -1.10. The standard InChI is InChI=1S/C12H19N3O3/c1-4-6-10(11(16)17)14-12(18)15(5-2)8-9(3)7-13/h4,9-10H,1,5-6,8H2,2-3H3,(H,14,18)(H,16,17). The number of urea groups is 1. The Labute approximate surface area is 107 Å². The van der Waals surface area contributed by atoms with Crippen molar-refractivity contribution in [3.8, 4) is 6.07 Å². The van der Waals surface area contributed by atoms with Crippen molar-refractivity contribution in [2.24, 2.45) is 5.92 Å².